The Kier molecular flexibility index (Phi) is 9.99. The molecule has 0 radical (unpaired) electrons. The van der Waals surface area contributed by atoms with E-state index in [0.29, 0.717) is 18.1 Å². The predicted octanol–water partition coefficient (Wildman–Crippen LogP) is 7.00. The molecular weight excluding hydrogens is 644 g/mol. The van der Waals surface area contributed by atoms with Gasteiger partial charge in [-0.3, -0.25) is 14.4 Å². The number of pyridine rings is 2. The van der Waals surface area contributed by atoms with Crippen LogP contribution in [0.15, 0.2) is 47.4 Å². The number of rotatable bonds is 14. The molecule has 1 saturated heterocycles. The molecule has 6 rings (SSSR count). The van der Waals surface area contributed by atoms with Crippen molar-refractivity contribution in [2.24, 2.45) is 11.8 Å². The third kappa shape index (κ3) is 8.08. The summed E-state index contributed by atoms with van der Waals surface area (Å²) in [5, 5.41) is 2.63. The first kappa shape index (κ1) is 34.4. The molecule has 1 aromatic carbocycles. The van der Waals surface area contributed by atoms with E-state index in [1.807, 2.05) is 6.20 Å². The lowest BCUT2D eigenvalue weighted by Crippen LogP contribution is -2.58. The number of hydrogen-bond donors (Lipinski definition) is 1. The molecule has 3 heterocycles. The van der Waals surface area contributed by atoms with Crippen molar-refractivity contribution in [2.45, 2.75) is 76.7 Å². The number of benzene rings is 1. The van der Waals surface area contributed by atoms with Crippen LogP contribution in [0.2, 0.25) is 0 Å². The molecular formula is C36H40F4N4O5. The Hall–Kier alpha value is -4.42. The van der Waals surface area contributed by atoms with Crippen molar-refractivity contribution in [2.75, 3.05) is 32.1 Å². The van der Waals surface area contributed by atoms with E-state index < -0.39 is 49.4 Å². The third-order valence-electron chi connectivity index (χ3n) is 9.66. The normalized spacial score (nSPS) is 17.7. The van der Waals surface area contributed by atoms with Crippen LogP contribution in [-0.4, -0.2) is 65.4 Å². The summed E-state index contributed by atoms with van der Waals surface area (Å²) in [5.41, 5.74) is 0.861. The fraction of sp³-hybridized carbons (Fsp3) is 0.500. The van der Waals surface area contributed by atoms with E-state index in [1.165, 1.54) is 50.6 Å². The number of carbonyl (C=O) groups excluding carboxylic acids is 2. The van der Waals surface area contributed by atoms with Gasteiger partial charge in [0.25, 0.3) is 29.7 Å². The van der Waals surface area contributed by atoms with Crippen molar-refractivity contribution in [3.63, 3.8) is 0 Å². The van der Waals surface area contributed by atoms with Gasteiger partial charge in [-0.05, 0) is 84.5 Å². The number of nitrogens with zero attached hydrogens (tertiary/aromatic N) is 3. The molecule has 9 nitrogen and oxygen atoms in total. The first-order valence-corrected chi connectivity index (χ1v) is 16.8. The molecule has 262 valence electrons. The van der Waals surface area contributed by atoms with Crippen LogP contribution in [0.5, 0.6) is 11.6 Å². The van der Waals surface area contributed by atoms with E-state index >= 15 is 0 Å². The fourth-order valence-corrected chi connectivity index (χ4v) is 6.49. The molecule has 3 aromatic rings. The second-order valence-electron chi connectivity index (χ2n) is 13.4. The maximum absolute atomic E-state index is 13.7. The molecule has 1 aliphatic heterocycles. The average Bonchev–Trinajstić information content (AvgIpc) is 3.87. The number of amides is 2. The second kappa shape index (κ2) is 14.2. The van der Waals surface area contributed by atoms with Gasteiger partial charge in [-0.2, -0.15) is 4.98 Å². The highest BCUT2D eigenvalue weighted by Crippen LogP contribution is 2.37. The van der Waals surface area contributed by atoms with Gasteiger partial charge in [-0.1, -0.05) is 32.6 Å². The van der Waals surface area contributed by atoms with Crippen molar-refractivity contribution in [1.82, 2.24) is 14.5 Å². The molecule has 13 heteroatoms. The van der Waals surface area contributed by atoms with Crippen LogP contribution in [0.4, 0.5) is 23.4 Å². The fourth-order valence-electron chi connectivity index (χ4n) is 6.49. The summed E-state index contributed by atoms with van der Waals surface area (Å²) in [4.78, 5) is 45.7. The van der Waals surface area contributed by atoms with Crippen LogP contribution >= 0.6 is 0 Å². The van der Waals surface area contributed by atoms with Gasteiger partial charge in [0.15, 0.2) is 6.61 Å². The van der Waals surface area contributed by atoms with Gasteiger partial charge < -0.3 is 24.3 Å². The lowest BCUT2D eigenvalue weighted by atomic mass is 9.75. The SMILES string of the molecule is COc1ccc(-c2cc(NC(=O)c3cc(CCC[C@@H](C)C4CCC4)cn(C4CC4)c3=O)nc(OCC(F)F)c2)c(C(=O)N2CC(F)(F)C2)c1. The van der Waals surface area contributed by atoms with Crippen molar-refractivity contribution in [1.29, 1.82) is 0 Å². The van der Waals surface area contributed by atoms with Gasteiger partial charge in [0.1, 0.15) is 17.1 Å². The summed E-state index contributed by atoms with van der Waals surface area (Å²) in [6.45, 7) is -0.211. The Morgan fingerprint density at radius 1 is 1.06 bits per heavy atom. The summed E-state index contributed by atoms with van der Waals surface area (Å²) in [6.07, 6.45) is 7.23. The molecule has 2 saturated carbocycles. The number of alkyl halides is 4. The van der Waals surface area contributed by atoms with E-state index in [1.54, 1.807) is 16.7 Å². The Balaban J connectivity index is 1.30. The largest absolute Gasteiger partial charge is 0.497 e. The van der Waals surface area contributed by atoms with Crippen LogP contribution in [-0.2, 0) is 6.42 Å². The molecule has 3 fully saturated rings. The number of halogens is 4. The van der Waals surface area contributed by atoms with E-state index in [2.05, 4.69) is 17.2 Å². The van der Waals surface area contributed by atoms with Gasteiger partial charge in [0.2, 0.25) is 5.88 Å². The topological polar surface area (TPSA) is 103 Å². The van der Waals surface area contributed by atoms with Crippen LogP contribution in [0.25, 0.3) is 11.1 Å². The van der Waals surface area contributed by atoms with Gasteiger partial charge in [-0.15, -0.1) is 0 Å². The zero-order valence-electron chi connectivity index (χ0n) is 27.5. The molecule has 49 heavy (non-hydrogen) atoms. The Bertz CT molecular complexity index is 1760. The van der Waals surface area contributed by atoms with E-state index in [-0.39, 0.29) is 40.0 Å². The number of nitrogens with one attached hydrogen (secondary N) is 1. The van der Waals surface area contributed by atoms with Crippen molar-refractivity contribution in [3.8, 4) is 22.8 Å². The zero-order chi connectivity index (χ0) is 34.9. The van der Waals surface area contributed by atoms with Gasteiger partial charge in [-0.25, -0.2) is 17.6 Å². The molecule has 2 amide bonds. The molecule has 1 N–H and O–H groups in total. The van der Waals surface area contributed by atoms with Crippen molar-refractivity contribution >= 4 is 17.6 Å². The van der Waals surface area contributed by atoms with Gasteiger partial charge in [0, 0.05) is 18.3 Å². The molecule has 3 aliphatic rings. The van der Waals surface area contributed by atoms with Crippen LogP contribution < -0.4 is 20.3 Å². The smallest absolute Gasteiger partial charge is 0.282 e. The predicted molar refractivity (Wildman–Crippen MR) is 175 cm³/mol. The monoisotopic (exact) mass is 684 g/mol. The van der Waals surface area contributed by atoms with Gasteiger partial charge in [0.05, 0.1) is 25.8 Å². The van der Waals surface area contributed by atoms with Gasteiger partial charge >= 0.3 is 0 Å². The quantitative estimate of drug-likeness (QED) is 0.184. The van der Waals surface area contributed by atoms with Crippen molar-refractivity contribution < 1.29 is 36.6 Å². The number of ether oxygens (including phenoxy) is 2. The molecule has 2 aliphatic carbocycles. The maximum atomic E-state index is 13.7. The minimum absolute atomic E-state index is 0.0183. The number of likely N-dealkylation sites (tertiary alicyclic amines) is 1. The Labute approximate surface area is 281 Å². The molecule has 0 bridgehead atoms. The molecule has 1 atom stereocenters. The standard InChI is InChI=1S/C36H40F4N4O5/c1-21(23-7-4-8-23)5-3-6-22-13-29(35(47)44(17-22)25-9-10-25)33(45)42-31-14-24(15-32(41-31)49-18-30(37)38)27-12-11-26(48-2)16-28(27)34(46)43-19-36(39,40)20-43/h11-17,21,23,25,30H,3-10,18-20H2,1-2H3,(H,41,42,45)/t21-/m1/s1. The van der Waals surface area contributed by atoms with Crippen LogP contribution in [0, 0.1) is 11.8 Å². The number of aromatic nitrogens is 2. The van der Waals surface area contributed by atoms with Crippen molar-refractivity contribution in [3.05, 3.63) is 69.6 Å². The number of methoxy groups -OCH3 is 1. The zero-order valence-corrected chi connectivity index (χ0v) is 27.5. The summed E-state index contributed by atoms with van der Waals surface area (Å²) >= 11 is 0. The molecule has 2 aromatic heterocycles. The molecule has 0 unspecified atom stereocenters. The highest BCUT2D eigenvalue weighted by molar-refractivity contribution is 6.05. The maximum Gasteiger partial charge on any atom is 0.282 e. The van der Waals surface area contributed by atoms with Crippen LogP contribution in [0.1, 0.15) is 84.2 Å². The van der Waals surface area contributed by atoms with E-state index in [4.69, 9.17) is 9.47 Å². The summed E-state index contributed by atoms with van der Waals surface area (Å²) in [6, 6.07) is 8.81. The number of anilines is 1. The summed E-state index contributed by atoms with van der Waals surface area (Å²) in [5.74, 6) is -3.12. The minimum atomic E-state index is -3.00. The first-order chi connectivity index (χ1) is 23.4. The number of hydrogen-bond acceptors (Lipinski definition) is 6. The Morgan fingerprint density at radius 2 is 1.82 bits per heavy atom. The lowest BCUT2D eigenvalue weighted by molar-refractivity contribution is -0.113. The summed E-state index contributed by atoms with van der Waals surface area (Å²) in [7, 11) is 1.39. The summed E-state index contributed by atoms with van der Waals surface area (Å²) < 4.78 is 65.6. The highest BCUT2D eigenvalue weighted by Gasteiger charge is 2.46. The second-order valence-corrected chi connectivity index (χ2v) is 13.4. The number of carbonyl (C=O) groups is 2. The minimum Gasteiger partial charge on any atom is -0.497 e. The lowest BCUT2D eigenvalue weighted by Gasteiger charge is -2.39. The highest BCUT2D eigenvalue weighted by atomic mass is 19.3. The molecule has 0 spiro atoms. The van der Waals surface area contributed by atoms with E-state index in [0.717, 1.165) is 42.1 Å². The average molecular weight is 685 g/mol. The van der Waals surface area contributed by atoms with Crippen LogP contribution in [0.3, 0.4) is 0 Å². The van der Waals surface area contributed by atoms with E-state index in [9.17, 15) is 31.9 Å². The first-order valence-electron chi connectivity index (χ1n) is 16.8. The number of aryl methyl sites for hydroxylation is 1. The Morgan fingerprint density at radius 3 is 2.45 bits per heavy atom. The third-order valence-corrected chi connectivity index (χ3v) is 9.66.